The molecule has 0 bridgehead atoms. The van der Waals surface area contributed by atoms with Crippen LogP contribution >= 0.6 is 18.6 Å². The molecular weight excluding hydrogens is 377 g/mol. The van der Waals surface area contributed by atoms with E-state index < -0.39 is 25.3 Å². The van der Waals surface area contributed by atoms with E-state index in [0.717, 1.165) is 6.54 Å². The van der Waals surface area contributed by atoms with E-state index in [4.69, 9.17) is 23.6 Å². The van der Waals surface area contributed by atoms with Gasteiger partial charge in [0.25, 0.3) is 0 Å². The molecular formula is C18H25Cl2NSiTi-. The van der Waals surface area contributed by atoms with Crippen LogP contribution in [-0.2, 0) is 23.6 Å². The van der Waals surface area contributed by atoms with Gasteiger partial charge in [0.1, 0.15) is 0 Å². The Kier molecular flexibility index (Phi) is 9.44. The number of rotatable bonds is 4. The van der Waals surface area contributed by atoms with Crippen LogP contribution in [0.1, 0.15) is 33.3 Å². The molecule has 1 fully saturated rings. The summed E-state index contributed by atoms with van der Waals surface area (Å²) in [6.45, 7) is 14.6. The Morgan fingerprint density at radius 2 is 1.30 bits per heavy atom. The zero-order chi connectivity index (χ0) is 17.6. The summed E-state index contributed by atoms with van der Waals surface area (Å²) in [6, 6.07) is 10.6. The van der Waals surface area contributed by atoms with Gasteiger partial charge in [-0.3, -0.25) is 0 Å². The summed E-state index contributed by atoms with van der Waals surface area (Å²) >= 11 is -0.556. The van der Waals surface area contributed by atoms with Crippen LogP contribution in [0.2, 0.25) is 13.1 Å². The second-order valence-electron chi connectivity index (χ2n) is 6.31. The third-order valence-electron chi connectivity index (χ3n) is 4.55. The average Bonchev–Trinajstić information content (AvgIpc) is 2.71. The monoisotopic (exact) mass is 401 g/mol. The first-order chi connectivity index (χ1) is 10.8. The Balaban J connectivity index is 0.000000816. The molecule has 1 saturated carbocycles. The van der Waals surface area contributed by atoms with E-state index in [1.807, 2.05) is 0 Å². The SMILES string of the molecule is C[C]1[C](C)[C](C)[C]([Si](C)(C)[N-]Cc2ccccc2)[C]1C.[Cl][Ti][Cl]. The fraction of sp³-hybridized carbons (Fsp3) is 0.389. The molecule has 0 unspecified atom stereocenters. The minimum absolute atomic E-state index is 0.556. The molecule has 0 aromatic heterocycles. The first-order valence-corrected chi connectivity index (χ1v) is 14.9. The molecule has 23 heavy (non-hydrogen) atoms. The maximum atomic E-state index is 5.11. The number of benzene rings is 1. The molecule has 2 rings (SSSR count). The summed E-state index contributed by atoms with van der Waals surface area (Å²) < 4.78 is 0. The van der Waals surface area contributed by atoms with Crippen LogP contribution in [0, 0.1) is 29.2 Å². The standard InChI is InChI=1S/C18H25NSi.2ClH.Ti/c1-13-14(2)16(4)18(15(13)3)20(5,6)19-12-17-10-8-7-9-11-17;;;/h7-11H,12H2,1-6H3;2*1H;/q-1;;;+2/p-2. The Labute approximate surface area is 160 Å². The van der Waals surface area contributed by atoms with Crippen molar-refractivity contribution in [3.63, 3.8) is 0 Å². The van der Waals surface area contributed by atoms with E-state index in [1.165, 1.54) is 29.2 Å². The van der Waals surface area contributed by atoms with Crippen molar-refractivity contribution in [3.8, 4) is 0 Å². The van der Waals surface area contributed by atoms with E-state index >= 15 is 0 Å². The van der Waals surface area contributed by atoms with Crippen molar-refractivity contribution in [2.75, 3.05) is 0 Å². The molecule has 1 aliphatic carbocycles. The zero-order valence-corrected chi connectivity index (χ0v) is 18.9. The summed E-state index contributed by atoms with van der Waals surface area (Å²) in [5.74, 6) is 5.84. The zero-order valence-electron chi connectivity index (χ0n) is 14.8. The van der Waals surface area contributed by atoms with Crippen LogP contribution in [0.5, 0.6) is 0 Å². The van der Waals surface area contributed by atoms with E-state index in [-0.39, 0.29) is 0 Å². The van der Waals surface area contributed by atoms with Gasteiger partial charge in [0, 0.05) is 0 Å². The van der Waals surface area contributed by atoms with Crippen LogP contribution in [0.4, 0.5) is 0 Å². The first-order valence-electron chi connectivity index (χ1n) is 7.68. The number of halogens is 2. The van der Waals surface area contributed by atoms with E-state index in [1.54, 1.807) is 5.54 Å². The third kappa shape index (κ3) is 5.87. The fourth-order valence-corrected chi connectivity index (χ4v) is 6.03. The second-order valence-corrected chi connectivity index (χ2v) is 12.8. The van der Waals surface area contributed by atoms with Crippen LogP contribution in [0.15, 0.2) is 30.3 Å². The summed E-state index contributed by atoms with van der Waals surface area (Å²) in [4.78, 5) is 5.11. The average molecular weight is 402 g/mol. The normalized spacial score (nSPS) is 18.8. The van der Waals surface area contributed by atoms with Crippen molar-refractivity contribution in [3.05, 3.63) is 70.1 Å². The van der Waals surface area contributed by atoms with Gasteiger partial charge in [0.15, 0.2) is 0 Å². The molecule has 1 nitrogen and oxygen atoms in total. The van der Waals surface area contributed by atoms with Crippen molar-refractivity contribution >= 4 is 26.8 Å². The molecule has 5 radical (unpaired) electrons. The quantitative estimate of drug-likeness (QED) is 0.501. The van der Waals surface area contributed by atoms with Gasteiger partial charge in [-0.05, 0) is 29.2 Å². The van der Waals surface area contributed by atoms with Gasteiger partial charge < -0.3 is 4.98 Å². The van der Waals surface area contributed by atoms with Crippen LogP contribution in [0.3, 0.4) is 0 Å². The van der Waals surface area contributed by atoms with E-state index in [0.29, 0.717) is 0 Å². The van der Waals surface area contributed by atoms with Gasteiger partial charge >= 0.3 is 35.6 Å². The van der Waals surface area contributed by atoms with Crippen molar-refractivity contribution in [1.82, 2.24) is 0 Å². The topological polar surface area (TPSA) is 14.1 Å². The van der Waals surface area contributed by atoms with Gasteiger partial charge in [-0.15, -0.1) is 6.54 Å². The molecule has 5 heteroatoms. The van der Waals surface area contributed by atoms with Gasteiger partial charge in [0.05, 0.1) is 0 Å². The molecule has 0 heterocycles. The van der Waals surface area contributed by atoms with Gasteiger partial charge in [0.2, 0.25) is 0 Å². The molecule has 0 spiro atoms. The van der Waals surface area contributed by atoms with Crippen molar-refractivity contribution in [2.24, 2.45) is 0 Å². The predicted octanol–water partition coefficient (Wildman–Crippen LogP) is 6.65. The van der Waals surface area contributed by atoms with Crippen molar-refractivity contribution < 1.29 is 17.0 Å². The minimum atomic E-state index is -1.74. The van der Waals surface area contributed by atoms with Gasteiger partial charge in [-0.25, -0.2) is 0 Å². The summed E-state index contributed by atoms with van der Waals surface area (Å²) in [5.41, 5.74) is 2.85. The summed E-state index contributed by atoms with van der Waals surface area (Å²) in [6.07, 6.45) is 0. The molecule has 125 valence electrons. The van der Waals surface area contributed by atoms with Crippen LogP contribution < -0.4 is 0 Å². The Bertz CT molecular complexity index is 444. The van der Waals surface area contributed by atoms with Gasteiger partial charge in [-0.2, -0.15) is 0 Å². The first kappa shape index (κ1) is 21.7. The predicted molar refractivity (Wildman–Crippen MR) is 102 cm³/mol. The van der Waals surface area contributed by atoms with Crippen molar-refractivity contribution in [1.29, 1.82) is 0 Å². The molecule has 0 aliphatic heterocycles. The molecule has 1 aliphatic rings. The van der Waals surface area contributed by atoms with Crippen LogP contribution in [-0.4, -0.2) is 8.24 Å². The van der Waals surface area contributed by atoms with Crippen molar-refractivity contribution in [2.45, 2.75) is 47.3 Å². The maximum absolute atomic E-state index is 5.11. The molecule has 1 aromatic rings. The number of hydrogen-bond donors (Lipinski definition) is 0. The Morgan fingerprint density at radius 3 is 1.74 bits per heavy atom. The van der Waals surface area contributed by atoms with E-state index in [9.17, 15) is 0 Å². The molecule has 0 amide bonds. The number of hydrogen-bond acceptors (Lipinski definition) is 0. The summed E-state index contributed by atoms with van der Waals surface area (Å²) in [5, 5.41) is 0. The molecule has 1 aromatic carbocycles. The molecule has 0 N–H and O–H groups in total. The third-order valence-corrected chi connectivity index (χ3v) is 7.47. The van der Waals surface area contributed by atoms with E-state index in [2.05, 4.69) is 71.1 Å². The fourth-order valence-electron chi connectivity index (χ4n) is 3.09. The molecule has 0 saturated heterocycles. The second kappa shape index (κ2) is 9.99. The van der Waals surface area contributed by atoms with Gasteiger partial charge in [-0.1, -0.05) is 84.9 Å². The van der Waals surface area contributed by atoms with Crippen LogP contribution in [0.25, 0.3) is 4.98 Å². The summed E-state index contributed by atoms with van der Waals surface area (Å²) in [7, 11) is 8.04. The number of nitrogens with zero attached hydrogens (tertiary/aromatic N) is 1. The Morgan fingerprint density at radius 1 is 0.870 bits per heavy atom. The Hall–Kier alpha value is 0.691. The molecule has 0 atom stereocenters.